The topological polar surface area (TPSA) is 50.1 Å². The van der Waals surface area contributed by atoms with E-state index in [2.05, 4.69) is 22.3 Å². The fourth-order valence-corrected chi connectivity index (χ4v) is 3.92. The number of hydrogen-bond donors (Lipinski definition) is 2. The summed E-state index contributed by atoms with van der Waals surface area (Å²) in [6, 6.07) is 2.74. The molecule has 0 aliphatic heterocycles. The maximum absolute atomic E-state index is 9.74. The van der Waals surface area contributed by atoms with E-state index >= 15 is 0 Å². The van der Waals surface area contributed by atoms with E-state index in [1.807, 2.05) is 0 Å². The van der Waals surface area contributed by atoms with Crippen LogP contribution < -0.4 is 5.32 Å². The van der Waals surface area contributed by atoms with Crippen LogP contribution in [0.15, 0.2) is 12.3 Å². The van der Waals surface area contributed by atoms with Gasteiger partial charge in [0.25, 0.3) is 0 Å². The van der Waals surface area contributed by atoms with Crippen molar-refractivity contribution < 1.29 is 5.11 Å². The van der Waals surface area contributed by atoms with Crippen molar-refractivity contribution in [2.24, 2.45) is 0 Å². The molecule has 0 saturated heterocycles. The van der Waals surface area contributed by atoms with Gasteiger partial charge in [-0.25, -0.2) is 0 Å². The SMILES string of the molecule is OCC1(NCc2ccn(C3CCCCC3)n2)CCCCC1. The van der Waals surface area contributed by atoms with Gasteiger partial charge in [0, 0.05) is 18.3 Å². The quantitative estimate of drug-likeness (QED) is 0.876. The van der Waals surface area contributed by atoms with E-state index < -0.39 is 0 Å². The zero-order valence-electron chi connectivity index (χ0n) is 13.1. The molecule has 4 heteroatoms. The van der Waals surface area contributed by atoms with Crippen LogP contribution in [0.1, 0.15) is 75.9 Å². The van der Waals surface area contributed by atoms with Crippen LogP contribution in [0.2, 0.25) is 0 Å². The number of nitrogens with one attached hydrogen (secondary N) is 1. The molecule has 0 radical (unpaired) electrons. The van der Waals surface area contributed by atoms with Crippen molar-refractivity contribution in [3.05, 3.63) is 18.0 Å². The number of hydrogen-bond acceptors (Lipinski definition) is 3. The van der Waals surface area contributed by atoms with E-state index in [0.717, 1.165) is 25.1 Å². The highest BCUT2D eigenvalue weighted by molar-refractivity contribution is 5.02. The summed E-state index contributed by atoms with van der Waals surface area (Å²) in [4.78, 5) is 0. The van der Waals surface area contributed by atoms with E-state index in [4.69, 9.17) is 5.10 Å². The van der Waals surface area contributed by atoms with Crippen molar-refractivity contribution >= 4 is 0 Å². The molecule has 4 nitrogen and oxygen atoms in total. The van der Waals surface area contributed by atoms with E-state index in [9.17, 15) is 5.11 Å². The highest BCUT2D eigenvalue weighted by atomic mass is 16.3. The van der Waals surface area contributed by atoms with Gasteiger partial charge in [-0.2, -0.15) is 5.10 Å². The average molecular weight is 291 g/mol. The summed E-state index contributed by atoms with van der Waals surface area (Å²) in [7, 11) is 0. The maximum Gasteiger partial charge on any atom is 0.0762 e. The van der Waals surface area contributed by atoms with Crippen LogP contribution in [0.4, 0.5) is 0 Å². The first-order valence-corrected chi connectivity index (χ1v) is 8.71. The van der Waals surface area contributed by atoms with E-state index in [1.165, 1.54) is 51.4 Å². The molecule has 0 atom stereocenters. The molecule has 21 heavy (non-hydrogen) atoms. The Bertz CT molecular complexity index is 431. The van der Waals surface area contributed by atoms with E-state index in [0.29, 0.717) is 6.04 Å². The summed E-state index contributed by atoms with van der Waals surface area (Å²) in [5.41, 5.74) is 1.05. The summed E-state index contributed by atoms with van der Waals surface area (Å²) in [5, 5.41) is 18.1. The van der Waals surface area contributed by atoms with Gasteiger partial charge in [0.1, 0.15) is 0 Å². The summed E-state index contributed by atoms with van der Waals surface area (Å²) >= 11 is 0. The summed E-state index contributed by atoms with van der Waals surface area (Å²) < 4.78 is 2.17. The molecule has 0 spiro atoms. The predicted molar refractivity (Wildman–Crippen MR) is 84.1 cm³/mol. The second kappa shape index (κ2) is 6.93. The summed E-state index contributed by atoms with van der Waals surface area (Å²) in [6.07, 6.45) is 14.7. The Balaban J connectivity index is 1.56. The van der Waals surface area contributed by atoms with Crippen LogP contribution in [-0.2, 0) is 6.54 Å². The molecule has 2 N–H and O–H groups in total. The third kappa shape index (κ3) is 3.67. The van der Waals surface area contributed by atoms with Crippen LogP contribution >= 0.6 is 0 Å². The fraction of sp³-hybridized carbons (Fsp3) is 0.824. The molecule has 1 aromatic rings. The van der Waals surface area contributed by atoms with Gasteiger partial charge in [0.2, 0.25) is 0 Å². The second-order valence-corrected chi connectivity index (χ2v) is 6.93. The fourth-order valence-electron chi connectivity index (χ4n) is 3.92. The van der Waals surface area contributed by atoms with Gasteiger partial charge in [-0.1, -0.05) is 38.5 Å². The van der Waals surface area contributed by atoms with Crippen LogP contribution in [0, 0.1) is 0 Å². The van der Waals surface area contributed by atoms with Crippen LogP contribution in [-0.4, -0.2) is 27.0 Å². The Morgan fingerprint density at radius 1 is 1.14 bits per heavy atom. The minimum Gasteiger partial charge on any atom is -0.394 e. The molecule has 0 aromatic carbocycles. The van der Waals surface area contributed by atoms with Gasteiger partial charge < -0.3 is 10.4 Å². The Labute approximate surface area is 127 Å². The summed E-state index contributed by atoms with van der Waals surface area (Å²) in [6.45, 7) is 1.02. The van der Waals surface area contributed by atoms with Crippen molar-refractivity contribution in [2.45, 2.75) is 82.3 Å². The van der Waals surface area contributed by atoms with E-state index in [-0.39, 0.29) is 12.1 Å². The lowest BCUT2D eigenvalue weighted by Gasteiger charge is -2.36. The molecule has 0 unspecified atom stereocenters. The Morgan fingerprint density at radius 3 is 2.57 bits per heavy atom. The van der Waals surface area contributed by atoms with Gasteiger partial charge in [-0.05, 0) is 31.7 Å². The molecule has 2 saturated carbocycles. The standard InChI is InChI=1S/C17H29N3O/c21-14-17(10-5-2-6-11-17)18-13-15-9-12-20(19-15)16-7-3-1-4-8-16/h9,12,16,18,21H,1-8,10-11,13-14H2. The first-order valence-electron chi connectivity index (χ1n) is 8.71. The monoisotopic (exact) mass is 291 g/mol. The predicted octanol–water partition coefficient (Wildman–Crippen LogP) is 3.17. The zero-order chi connectivity index (χ0) is 14.5. The molecule has 0 bridgehead atoms. The van der Waals surface area contributed by atoms with Crippen molar-refractivity contribution in [2.75, 3.05) is 6.61 Å². The Kier molecular flexibility index (Phi) is 4.96. The van der Waals surface area contributed by atoms with Crippen LogP contribution in [0.5, 0.6) is 0 Å². The summed E-state index contributed by atoms with van der Waals surface area (Å²) in [5.74, 6) is 0. The first-order chi connectivity index (χ1) is 10.3. The maximum atomic E-state index is 9.74. The average Bonchev–Trinajstić information content (AvgIpc) is 3.04. The van der Waals surface area contributed by atoms with Gasteiger partial charge in [-0.3, -0.25) is 4.68 Å². The second-order valence-electron chi connectivity index (χ2n) is 6.93. The van der Waals surface area contributed by atoms with Gasteiger partial charge >= 0.3 is 0 Å². The number of rotatable bonds is 5. The molecular weight excluding hydrogens is 262 g/mol. The molecule has 0 amide bonds. The third-order valence-corrected chi connectivity index (χ3v) is 5.37. The molecule has 1 aromatic heterocycles. The lowest BCUT2D eigenvalue weighted by molar-refractivity contribution is 0.119. The molecule has 1 heterocycles. The van der Waals surface area contributed by atoms with Gasteiger partial charge in [0.15, 0.2) is 0 Å². The highest BCUT2D eigenvalue weighted by Gasteiger charge is 2.30. The number of aliphatic hydroxyl groups is 1. The van der Waals surface area contributed by atoms with Crippen molar-refractivity contribution in [3.8, 4) is 0 Å². The van der Waals surface area contributed by atoms with Crippen LogP contribution in [0.25, 0.3) is 0 Å². The first kappa shape index (κ1) is 15.0. The van der Waals surface area contributed by atoms with E-state index in [1.54, 1.807) is 0 Å². The number of aliphatic hydroxyl groups excluding tert-OH is 1. The van der Waals surface area contributed by atoms with Crippen molar-refractivity contribution in [3.63, 3.8) is 0 Å². The lowest BCUT2D eigenvalue weighted by Crippen LogP contribution is -2.49. The van der Waals surface area contributed by atoms with Crippen molar-refractivity contribution in [1.82, 2.24) is 15.1 Å². The minimum atomic E-state index is -0.0626. The largest absolute Gasteiger partial charge is 0.394 e. The normalized spacial score (nSPS) is 23.3. The molecule has 3 rings (SSSR count). The molecular formula is C17H29N3O. The number of aromatic nitrogens is 2. The highest BCUT2D eigenvalue weighted by Crippen LogP contribution is 2.29. The minimum absolute atomic E-state index is 0.0626. The van der Waals surface area contributed by atoms with Crippen molar-refractivity contribution in [1.29, 1.82) is 0 Å². The van der Waals surface area contributed by atoms with Gasteiger partial charge in [-0.15, -0.1) is 0 Å². The van der Waals surface area contributed by atoms with Crippen LogP contribution in [0.3, 0.4) is 0 Å². The molecule has 2 aliphatic carbocycles. The third-order valence-electron chi connectivity index (χ3n) is 5.37. The number of nitrogens with zero attached hydrogens (tertiary/aromatic N) is 2. The Morgan fingerprint density at radius 2 is 1.86 bits per heavy atom. The zero-order valence-corrected chi connectivity index (χ0v) is 13.1. The van der Waals surface area contributed by atoms with Gasteiger partial charge in [0.05, 0.1) is 18.3 Å². The molecule has 2 aliphatic rings. The molecule has 118 valence electrons. The smallest absolute Gasteiger partial charge is 0.0762 e. The lowest BCUT2D eigenvalue weighted by atomic mass is 9.82. The molecule has 2 fully saturated rings. The Hall–Kier alpha value is -0.870.